The molecule has 0 fully saturated rings. The van der Waals surface area contributed by atoms with Crippen LogP contribution >= 0.6 is 11.6 Å². The number of benzene rings is 3. The Bertz CT molecular complexity index is 1270. The molecule has 1 aliphatic heterocycles. The molecule has 1 aliphatic rings. The van der Waals surface area contributed by atoms with Crippen LogP contribution in [0, 0.1) is 17.0 Å². The van der Waals surface area contributed by atoms with Gasteiger partial charge in [-0.15, -0.1) is 0 Å². The number of aryl methyl sites for hydroxylation is 1. The van der Waals surface area contributed by atoms with Gasteiger partial charge in [0.05, 0.1) is 27.1 Å². The fourth-order valence-corrected chi connectivity index (χ4v) is 5.06. The molecule has 0 aliphatic carbocycles. The van der Waals surface area contributed by atoms with Crippen LogP contribution in [-0.2, 0) is 10.0 Å². The maximum atomic E-state index is 13.5. The van der Waals surface area contributed by atoms with Crippen molar-refractivity contribution in [3.8, 4) is 0 Å². The summed E-state index contributed by atoms with van der Waals surface area (Å²) < 4.78 is 28.0. The van der Waals surface area contributed by atoms with Crippen molar-refractivity contribution in [2.75, 3.05) is 0 Å². The maximum Gasteiger partial charge on any atom is 0.279 e. The first kappa shape index (κ1) is 21.0. The molecule has 31 heavy (non-hydrogen) atoms. The van der Waals surface area contributed by atoms with Gasteiger partial charge in [0.15, 0.2) is 0 Å². The number of nitro groups is 1. The summed E-state index contributed by atoms with van der Waals surface area (Å²) in [6, 6.07) is 18.9. The molecule has 7 nitrogen and oxygen atoms in total. The number of para-hydroxylation sites is 1. The van der Waals surface area contributed by atoms with Gasteiger partial charge in [-0.3, -0.25) is 10.1 Å². The summed E-state index contributed by atoms with van der Waals surface area (Å²) in [4.78, 5) is 11.1. The minimum atomic E-state index is -3.99. The molecule has 1 atom stereocenters. The lowest BCUT2D eigenvalue weighted by Crippen LogP contribution is -2.27. The van der Waals surface area contributed by atoms with Crippen molar-refractivity contribution >= 4 is 33.0 Å². The van der Waals surface area contributed by atoms with Gasteiger partial charge in [-0.2, -0.15) is 17.9 Å². The van der Waals surface area contributed by atoms with Crippen LogP contribution in [0.15, 0.2) is 82.8 Å². The summed E-state index contributed by atoms with van der Waals surface area (Å²) in [5.74, 6) is 0. The number of nitrogens with zero attached hydrogens (tertiary/aromatic N) is 3. The van der Waals surface area contributed by atoms with Gasteiger partial charge in [0.1, 0.15) is 0 Å². The van der Waals surface area contributed by atoms with Crippen LogP contribution in [0.4, 0.5) is 5.69 Å². The quantitative estimate of drug-likeness (QED) is 0.395. The van der Waals surface area contributed by atoms with E-state index in [9.17, 15) is 18.5 Å². The molecule has 0 radical (unpaired) electrons. The Balaban J connectivity index is 1.84. The van der Waals surface area contributed by atoms with Gasteiger partial charge in [-0.25, -0.2) is 0 Å². The average molecular weight is 456 g/mol. The molecule has 0 spiro atoms. The highest BCUT2D eigenvalue weighted by molar-refractivity contribution is 7.89. The largest absolute Gasteiger partial charge is 0.279 e. The molecule has 0 bridgehead atoms. The molecule has 158 valence electrons. The SMILES string of the molecule is Cc1ccc(S(=O)(=O)N2N=C(c3ccccc3[N+](=O)[O-])C[C@@H]2c2ccc(Cl)cc2)cc1. The third-order valence-electron chi connectivity index (χ3n) is 5.10. The van der Waals surface area contributed by atoms with Crippen LogP contribution in [0.2, 0.25) is 5.02 Å². The number of rotatable bonds is 5. The Morgan fingerprint density at radius 1 is 1.03 bits per heavy atom. The van der Waals surface area contributed by atoms with Crippen molar-refractivity contribution < 1.29 is 13.3 Å². The van der Waals surface area contributed by atoms with Gasteiger partial charge in [0.2, 0.25) is 0 Å². The lowest BCUT2D eigenvalue weighted by Gasteiger charge is -2.23. The van der Waals surface area contributed by atoms with Crippen molar-refractivity contribution in [1.82, 2.24) is 4.41 Å². The molecule has 9 heteroatoms. The maximum absolute atomic E-state index is 13.5. The van der Waals surface area contributed by atoms with E-state index in [0.717, 1.165) is 9.98 Å². The van der Waals surface area contributed by atoms with E-state index in [1.165, 1.54) is 18.2 Å². The van der Waals surface area contributed by atoms with Gasteiger partial charge < -0.3 is 0 Å². The number of sulfonamides is 1. The number of hydrazone groups is 1. The lowest BCUT2D eigenvalue weighted by molar-refractivity contribution is -0.385. The van der Waals surface area contributed by atoms with E-state index in [1.54, 1.807) is 54.6 Å². The van der Waals surface area contributed by atoms with Crippen LogP contribution in [0.25, 0.3) is 0 Å². The molecule has 0 aromatic heterocycles. The fourth-order valence-electron chi connectivity index (χ4n) is 3.50. The first-order chi connectivity index (χ1) is 14.8. The molecule has 0 saturated carbocycles. The van der Waals surface area contributed by atoms with Crippen LogP contribution in [0.5, 0.6) is 0 Å². The van der Waals surface area contributed by atoms with Crippen molar-refractivity contribution in [2.24, 2.45) is 5.10 Å². The van der Waals surface area contributed by atoms with Crippen LogP contribution < -0.4 is 0 Å². The van der Waals surface area contributed by atoms with Crippen molar-refractivity contribution in [1.29, 1.82) is 0 Å². The monoisotopic (exact) mass is 455 g/mol. The molecule has 3 aromatic rings. The van der Waals surface area contributed by atoms with Crippen LogP contribution in [0.3, 0.4) is 0 Å². The minimum absolute atomic E-state index is 0.102. The zero-order chi connectivity index (χ0) is 22.2. The zero-order valence-electron chi connectivity index (χ0n) is 16.5. The molecular weight excluding hydrogens is 438 g/mol. The summed E-state index contributed by atoms with van der Waals surface area (Å²) in [6.07, 6.45) is 0.192. The normalized spacial score (nSPS) is 16.3. The number of hydrogen-bond acceptors (Lipinski definition) is 5. The Hall–Kier alpha value is -3.23. The predicted molar refractivity (Wildman–Crippen MR) is 119 cm³/mol. The number of hydrogen-bond donors (Lipinski definition) is 0. The first-order valence-corrected chi connectivity index (χ1v) is 11.3. The highest BCUT2D eigenvalue weighted by Crippen LogP contribution is 2.38. The van der Waals surface area contributed by atoms with E-state index >= 15 is 0 Å². The number of halogens is 1. The van der Waals surface area contributed by atoms with E-state index in [0.29, 0.717) is 21.9 Å². The third kappa shape index (κ3) is 4.04. The highest BCUT2D eigenvalue weighted by Gasteiger charge is 2.39. The molecule has 0 saturated heterocycles. The molecule has 1 heterocycles. The fraction of sp³-hybridized carbons (Fsp3) is 0.136. The van der Waals surface area contributed by atoms with Crippen molar-refractivity contribution in [2.45, 2.75) is 24.3 Å². The van der Waals surface area contributed by atoms with E-state index in [4.69, 9.17) is 11.6 Å². The van der Waals surface area contributed by atoms with E-state index < -0.39 is 21.0 Å². The molecule has 0 N–H and O–H groups in total. The second-order valence-electron chi connectivity index (χ2n) is 7.18. The molecule has 0 amide bonds. The second-order valence-corrected chi connectivity index (χ2v) is 9.42. The predicted octanol–water partition coefficient (Wildman–Crippen LogP) is 5.10. The Labute approximate surface area is 184 Å². The summed E-state index contributed by atoms with van der Waals surface area (Å²) in [5.41, 5.74) is 2.14. The molecule has 3 aromatic carbocycles. The first-order valence-electron chi connectivity index (χ1n) is 9.45. The van der Waals surface area contributed by atoms with Gasteiger partial charge >= 0.3 is 0 Å². The highest BCUT2D eigenvalue weighted by atomic mass is 35.5. The smallest absolute Gasteiger partial charge is 0.258 e. The number of nitro benzene ring substituents is 1. The zero-order valence-corrected chi connectivity index (χ0v) is 18.0. The lowest BCUT2D eigenvalue weighted by atomic mass is 9.98. The average Bonchev–Trinajstić information content (AvgIpc) is 3.21. The molecule has 4 rings (SSSR count). The van der Waals surface area contributed by atoms with E-state index in [2.05, 4.69) is 5.10 Å². The Kier molecular flexibility index (Phi) is 5.51. The third-order valence-corrected chi connectivity index (χ3v) is 7.05. The van der Waals surface area contributed by atoms with E-state index in [-0.39, 0.29) is 17.0 Å². The summed E-state index contributed by atoms with van der Waals surface area (Å²) >= 11 is 6.00. The molecule has 0 unspecified atom stereocenters. The standard InChI is InChI=1S/C22H18ClN3O4S/c1-15-6-12-18(13-7-15)31(29,30)25-22(16-8-10-17(23)11-9-16)14-20(24-25)19-4-2-3-5-21(19)26(27)28/h2-13,22H,14H2,1H3/t22-/m1/s1. The van der Waals surface area contributed by atoms with Crippen LogP contribution in [-0.4, -0.2) is 23.5 Å². The summed E-state index contributed by atoms with van der Waals surface area (Å²) in [5, 5.41) is 16.4. The van der Waals surface area contributed by atoms with Gasteiger partial charge in [0, 0.05) is 17.5 Å². The van der Waals surface area contributed by atoms with E-state index in [1.807, 2.05) is 6.92 Å². The minimum Gasteiger partial charge on any atom is -0.258 e. The van der Waals surface area contributed by atoms with Crippen molar-refractivity contribution in [3.63, 3.8) is 0 Å². The Morgan fingerprint density at radius 2 is 1.68 bits per heavy atom. The second kappa shape index (κ2) is 8.13. The topological polar surface area (TPSA) is 92.9 Å². The van der Waals surface area contributed by atoms with Gasteiger partial charge in [0.25, 0.3) is 15.7 Å². The van der Waals surface area contributed by atoms with Crippen molar-refractivity contribution in [3.05, 3.63) is 105 Å². The van der Waals surface area contributed by atoms with Gasteiger partial charge in [-0.1, -0.05) is 53.6 Å². The van der Waals surface area contributed by atoms with Crippen LogP contribution in [0.1, 0.15) is 29.2 Å². The summed E-state index contributed by atoms with van der Waals surface area (Å²) in [6.45, 7) is 1.87. The summed E-state index contributed by atoms with van der Waals surface area (Å²) in [7, 11) is -3.99. The Morgan fingerprint density at radius 3 is 2.32 bits per heavy atom. The molecular formula is C22H18ClN3O4S. The van der Waals surface area contributed by atoms with Gasteiger partial charge in [-0.05, 0) is 42.8 Å².